The van der Waals surface area contributed by atoms with Crippen molar-refractivity contribution in [1.82, 2.24) is 4.98 Å². The molecule has 12 nitrogen and oxygen atoms in total. The Balaban J connectivity index is 1.01. The van der Waals surface area contributed by atoms with E-state index in [1.807, 2.05) is 53.8 Å². The normalized spacial score (nSPS) is 15.2. The first-order valence-electron chi connectivity index (χ1n) is 20.6. The first-order valence-corrected chi connectivity index (χ1v) is 20.6. The van der Waals surface area contributed by atoms with Crippen LogP contribution in [-0.4, -0.2) is 86.8 Å². The maximum absolute atomic E-state index is 13.7. The number of pyridine rings is 1. The lowest BCUT2D eigenvalue weighted by Gasteiger charge is -2.22. The Labute approximate surface area is 340 Å². The summed E-state index contributed by atoms with van der Waals surface area (Å²) in [6.07, 6.45) is 10.7. The summed E-state index contributed by atoms with van der Waals surface area (Å²) in [4.78, 5) is 42.6. The van der Waals surface area contributed by atoms with E-state index >= 15 is 0 Å². The Morgan fingerprint density at radius 1 is 0.741 bits per heavy atom. The lowest BCUT2D eigenvalue weighted by molar-refractivity contribution is -0.603. The lowest BCUT2D eigenvalue weighted by Crippen LogP contribution is -2.89. The number of nitrogens with two attached hydrogens (primary N) is 1. The molecule has 1 fully saturated rings. The van der Waals surface area contributed by atoms with Crippen molar-refractivity contribution in [2.75, 3.05) is 58.2 Å². The van der Waals surface area contributed by atoms with Crippen molar-refractivity contribution in [1.29, 1.82) is 0 Å². The predicted molar refractivity (Wildman–Crippen MR) is 219 cm³/mol. The fourth-order valence-corrected chi connectivity index (χ4v) is 7.45. The van der Waals surface area contributed by atoms with Gasteiger partial charge in [0.1, 0.15) is 11.8 Å². The van der Waals surface area contributed by atoms with Crippen LogP contribution in [0.2, 0.25) is 0 Å². The highest BCUT2D eigenvalue weighted by Crippen LogP contribution is 2.34. The number of ether oxygens (including phenoxy) is 5. The number of anilines is 1. The van der Waals surface area contributed by atoms with E-state index in [0.29, 0.717) is 80.1 Å². The molecule has 1 unspecified atom stereocenters. The molecule has 3 aromatic carbocycles. The molecule has 12 heteroatoms. The minimum Gasteiger partial charge on any atom is -0.490 e. The molecule has 0 aliphatic heterocycles. The van der Waals surface area contributed by atoms with Gasteiger partial charge in [0.15, 0.2) is 0 Å². The van der Waals surface area contributed by atoms with Crippen molar-refractivity contribution in [3.63, 3.8) is 0 Å². The van der Waals surface area contributed by atoms with E-state index in [0.717, 1.165) is 63.4 Å². The molecular formula is C46H56N3O9+. The van der Waals surface area contributed by atoms with Gasteiger partial charge in [0, 0.05) is 35.9 Å². The summed E-state index contributed by atoms with van der Waals surface area (Å²) in [5.74, 6) is -0.455. The fourth-order valence-electron chi connectivity index (χ4n) is 7.45. The predicted octanol–water partition coefficient (Wildman–Crippen LogP) is 6.58. The van der Waals surface area contributed by atoms with Crippen LogP contribution in [0.5, 0.6) is 5.75 Å². The van der Waals surface area contributed by atoms with Gasteiger partial charge in [-0.15, -0.1) is 0 Å². The summed E-state index contributed by atoms with van der Waals surface area (Å²) in [5.41, 5.74) is 6.52. The van der Waals surface area contributed by atoms with Gasteiger partial charge in [-0.05, 0) is 105 Å². The lowest BCUT2D eigenvalue weighted by atomic mass is 9.87. The van der Waals surface area contributed by atoms with Crippen LogP contribution in [0.15, 0.2) is 85.1 Å². The second-order valence-corrected chi connectivity index (χ2v) is 14.7. The Bertz CT molecular complexity index is 1950. The zero-order valence-corrected chi connectivity index (χ0v) is 33.2. The number of aliphatic carboxylic acids is 1. The van der Waals surface area contributed by atoms with Crippen LogP contribution in [0.3, 0.4) is 0 Å². The van der Waals surface area contributed by atoms with Crippen LogP contribution in [-0.2, 0) is 36.6 Å². The monoisotopic (exact) mass is 794 g/mol. The summed E-state index contributed by atoms with van der Waals surface area (Å²) in [7, 11) is 0. The number of nitrogens with one attached hydrogen (secondary N) is 1. The highest BCUT2D eigenvalue weighted by Gasteiger charge is 2.27. The molecule has 0 spiro atoms. The summed E-state index contributed by atoms with van der Waals surface area (Å²) >= 11 is 0. The molecule has 308 valence electrons. The molecule has 0 radical (unpaired) electrons. The van der Waals surface area contributed by atoms with Crippen molar-refractivity contribution in [2.45, 2.75) is 76.4 Å². The molecule has 4 aromatic rings. The summed E-state index contributed by atoms with van der Waals surface area (Å²) in [5, 5.41) is 13.6. The third-order valence-corrected chi connectivity index (χ3v) is 10.5. The molecule has 1 saturated carbocycles. The van der Waals surface area contributed by atoms with E-state index in [1.54, 1.807) is 18.3 Å². The van der Waals surface area contributed by atoms with Crippen molar-refractivity contribution < 1.29 is 48.5 Å². The molecule has 2 aliphatic rings. The van der Waals surface area contributed by atoms with E-state index in [4.69, 9.17) is 28.8 Å². The second kappa shape index (κ2) is 22.8. The molecule has 1 aromatic heterocycles. The summed E-state index contributed by atoms with van der Waals surface area (Å²) in [6, 6.07) is 25.3. The zero-order chi connectivity index (χ0) is 40.4. The van der Waals surface area contributed by atoms with E-state index in [-0.39, 0.29) is 37.0 Å². The van der Waals surface area contributed by atoms with E-state index < -0.39 is 5.97 Å². The van der Waals surface area contributed by atoms with Crippen molar-refractivity contribution >= 4 is 23.5 Å². The van der Waals surface area contributed by atoms with Gasteiger partial charge in [-0.25, -0.2) is 4.79 Å². The second-order valence-electron chi connectivity index (χ2n) is 14.7. The summed E-state index contributed by atoms with van der Waals surface area (Å²) in [6.45, 7) is 3.25. The zero-order valence-electron chi connectivity index (χ0n) is 33.2. The van der Waals surface area contributed by atoms with Crippen LogP contribution in [0.25, 0.3) is 11.3 Å². The molecular weight excluding hydrogens is 739 g/mol. The molecule has 1 heterocycles. The van der Waals surface area contributed by atoms with Crippen LogP contribution in [0, 0.1) is 0 Å². The third kappa shape index (κ3) is 13.3. The number of aryl methyl sites for hydroxylation is 2. The maximum Gasteiger partial charge on any atom is 0.343 e. The standard InChI is InChI=1S/C46H55N3O9/c50-44(51)20-23-55-25-27-57-29-28-56-26-24-54-22-7-9-33-8-5-12-35(30-33)45(52)49-42-18-17-38(58-37-13-2-3-14-37)32-40(42)43-31-36(19-21-47-43)46(53)48-41-16-6-11-34-10-1-4-15-39(34)41/h1,4-5,8,10,12,15,17-19,21,30-32,37,41H,2-3,6-7,9,11,13-14,16,20,22-29H2,(H,48,53)(H,49,52)(H,50,51)/p+1. The van der Waals surface area contributed by atoms with Gasteiger partial charge in [0.05, 0.1) is 75.7 Å². The van der Waals surface area contributed by atoms with Crippen molar-refractivity contribution in [2.24, 2.45) is 0 Å². The average Bonchev–Trinajstić information content (AvgIpc) is 3.76. The molecule has 2 aliphatic carbocycles. The van der Waals surface area contributed by atoms with Gasteiger partial charge < -0.3 is 34.1 Å². The number of nitrogens with zero attached hydrogens (tertiary/aromatic N) is 1. The third-order valence-electron chi connectivity index (χ3n) is 10.5. The minimum atomic E-state index is -0.883. The Hall–Kier alpha value is -4.98. The molecule has 6 rings (SSSR count). The largest absolute Gasteiger partial charge is 0.490 e. The SMILES string of the molecule is O=C(O)CCOCCOCCOCCOCCCc1cccc(C(=O)Nc2ccc(OC3CCCC3)cc2-c2cc(C(=O)[NH2+]C3CCCc4ccccc43)ccn2)c1. The number of carboxylic acid groups (broad SMARTS) is 1. The number of hydrogen-bond donors (Lipinski definition) is 3. The highest BCUT2D eigenvalue weighted by atomic mass is 16.6. The Morgan fingerprint density at radius 2 is 1.48 bits per heavy atom. The first-order chi connectivity index (χ1) is 28.4. The number of aromatic nitrogens is 1. The number of fused-ring (bicyclic) bond motifs is 1. The fraction of sp³-hybridized carbons (Fsp3) is 0.435. The Morgan fingerprint density at radius 3 is 2.26 bits per heavy atom. The number of amides is 2. The van der Waals surface area contributed by atoms with Gasteiger partial charge in [-0.3, -0.25) is 19.9 Å². The van der Waals surface area contributed by atoms with Crippen LogP contribution in [0.4, 0.5) is 5.69 Å². The van der Waals surface area contributed by atoms with Crippen LogP contribution in [0.1, 0.15) is 94.8 Å². The molecule has 0 bridgehead atoms. The van der Waals surface area contributed by atoms with Gasteiger partial charge in [-0.2, -0.15) is 0 Å². The molecule has 2 amide bonds. The quantitative estimate of drug-likeness (QED) is 0.0701. The number of rotatable bonds is 23. The molecule has 4 N–H and O–H groups in total. The number of carbonyl (C=O) groups is 3. The molecule has 0 saturated heterocycles. The maximum atomic E-state index is 13.7. The Kier molecular flexibility index (Phi) is 16.8. The van der Waals surface area contributed by atoms with Crippen molar-refractivity contribution in [3.8, 4) is 17.0 Å². The number of benzene rings is 3. The topological polar surface area (TPSA) is 159 Å². The van der Waals surface area contributed by atoms with Crippen molar-refractivity contribution in [3.05, 3.63) is 113 Å². The van der Waals surface area contributed by atoms with Crippen LogP contribution < -0.4 is 15.4 Å². The number of carboxylic acids is 1. The van der Waals surface area contributed by atoms with Gasteiger partial charge in [0.25, 0.3) is 5.91 Å². The molecule has 58 heavy (non-hydrogen) atoms. The van der Waals surface area contributed by atoms with E-state index in [2.05, 4.69) is 28.5 Å². The first kappa shape index (κ1) is 42.6. The van der Waals surface area contributed by atoms with Crippen LogP contribution >= 0.6 is 0 Å². The van der Waals surface area contributed by atoms with E-state index in [9.17, 15) is 14.4 Å². The number of quaternary nitrogens is 1. The highest BCUT2D eigenvalue weighted by molar-refractivity contribution is 6.06. The number of hydrogen-bond acceptors (Lipinski definition) is 9. The summed E-state index contributed by atoms with van der Waals surface area (Å²) < 4.78 is 28.2. The van der Waals surface area contributed by atoms with E-state index in [1.165, 1.54) is 11.1 Å². The van der Waals surface area contributed by atoms with Gasteiger partial charge in [0.2, 0.25) is 0 Å². The molecule has 1 atom stereocenters. The smallest absolute Gasteiger partial charge is 0.343 e. The minimum absolute atomic E-state index is 0.0166. The number of carbonyl (C=O) groups excluding carboxylic acids is 2. The number of primary amides is 1. The van der Waals surface area contributed by atoms with Gasteiger partial charge >= 0.3 is 11.9 Å². The van der Waals surface area contributed by atoms with Gasteiger partial charge in [-0.1, -0.05) is 36.4 Å². The average molecular weight is 795 g/mol.